The Hall–Kier alpha value is -2.46. The van der Waals surface area contributed by atoms with Gasteiger partial charge in [-0.2, -0.15) is 5.10 Å². The van der Waals surface area contributed by atoms with Crippen molar-refractivity contribution in [1.82, 2.24) is 39.5 Å². The molecule has 0 saturated heterocycles. The zero-order chi connectivity index (χ0) is 17.5. The van der Waals surface area contributed by atoms with Crippen molar-refractivity contribution in [3.8, 4) is 11.4 Å². The first kappa shape index (κ1) is 15.8. The van der Waals surface area contributed by atoms with E-state index in [2.05, 4.69) is 34.8 Å². The Morgan fingerprint density at radius 2 is 2.23 bits per heavy atom. The smallest absolute Gasteiger partial charge is 0.191 e. The number of hydrogen-bond acceptors (Lipinski definition) is 8. The molecule has 0 N–H and O–H groups in total. The third-order valence-corrected chi connectivity index (χ3v) is 6.50. The van der Waals surface area contributed by atoms with E-state index < -0.39 is 0 Å². The van der Waals surface area contributed by atoms with E-state index in [0.29, 0.717) is 6.04 Å². The van der Waals surface area contributed by atoms with Crippen molar-refractivity contribution in [1.29, 1.82) is 0 Å². The third-order valence-electron chi connectivity index (χ3n) is 4.26. The van der Waals surface area contributed by atoms with Crippen molar-refractivity contribution in [3.05, 3.63) is 37.1 Å². The van der Waals surface area contributed by atoms with Gasteiger partial charge in [0.2, 0.25) is 0 Å². The largest absolute Gasteiger partial charge is 0.297 e. The van der Waals surface area contributed by atoms with E-state index >= 15 is 0 Å². The van der Waals surface area contributed by atoms with Crippen LogP contribution in [-0.2, 0) is 7.05 Å². The van der Waals surface area contributed by atoms with Crippen molar-refractivity contribution in [2.24, 2.45) is 7.05 Å². The Balaban J connectivity index is 1.43. The molecule has 8 nitrogen and oxygen atoms in total. The summed E-state index contributed by atoms with van der Waals surface area (Å²) in [6.45, 7) is 0. The fourth-order valence-electron chi connectivity index (χ4n) is 3.00. The second kappa shape index (κ2) is 6.36. The van der Waals surface area contributed by atoms with Crippen LogP contribution in [0, 0.1) is 0 Å². The summed E-state index contributed by atoms with van der Waals surface area (Å²) in [5, 5.41) is 15.9. The molecular weight excluding hydrogens is 368 g/mol. The van der Waals surface area contributed by atoms with Crippen LogP contribution in [0.3, 0.4) is 0 Å². The summed E-state index contributed by atoms with van der Waals surface area (Å²) in [4.78, 5) is 13.0. The molecule has 0 aliphatic carbocycles. The Bertz CT molecular complexity index is 1070. The average molecular weight is 382 g/mol. The van der Waals surface area contributed by atoms with E-state index in [4.69, 9.17) is 0 Å². The molecule has 0 aromatic carbocycles. The third kappa shape index (κ3) is 2.56. The Morgan fingerprint density at radius 1 is 1.27 bits per heavy atom. The fraction of sp³-hybridized carbons (Fsp3) is 0.250. The lowest BCUT2D eigenvalue weighted by Crippen LogP contribution is -2.11. The molecular formula is C16H14N8S2. The first-order valence-corrected chi connectivity index (χ1v) is 10.0. The molecule has 0 radical (unpaired) electrons. The van der Waals surface area contributed by atoms with E-state index in [-0.39, 0.29) is 0 Å². The molecule has 1 aliphatic heterocycles. The molecule has 1 atom stereocenters. The van der Waals surface area contributed by atoms with Crippen LogP contribution in [0.5, 0.6) is 0 Å². The van der Waals surface area contributed by atoms with Crippen LogP contribution in [0.1, 0.15) is 6.04 Å². The predicted molar refractivity (Wildman–Crippen MR) is 100 cm³/mol. The van der Waals surface area contributed by atoms with E-state index in [9.17, 15) is 0 Å². The number of hydrogen-bond donors (Lipinski definition) is 0. The number of fused-ring (bicyclic) bond motifs is 2. The van der Waals surface area contributed by atoms with Crippen LogP contribution in [0.25, 0.3) is 22.4 Å². The van der Waals surface area contributed by atoms with Crippen molar-refractivity contribution < 1.29 is 0 Å². The van der Waals surface area contributed by atoms with Gasteiger partial charge < -0.3 is 0 Å². The molecule has 4 aromatic rings. The Labute approximate surface area is 157 Å². The van der Waals surface area contributed by atoms with Gasteiger partial charge in [0.25, 0.3) is 0 Å². The van der Waals surface area contributed by atoms with Gasteiger partial charge in [-0.05, 0) is 12.1 Å². The molecule has 1 aliphatic rings. The van der Waals surface area contributed by atoms with Crippen LogP contribution >= 0.6 is 23.5 Å². The summed E-state index contributed by atoms with van der Waals surface area (Å²) in [6, 6.07) is 4.23. The number of pyridine rings is 1. The summed E-state index contributed by atoms with van der Waals surface area (Å²) in [7, 11) is 1.89. The van der Waals surface area contributed by atoms with Crippen LogP contribution in [0.15, 0.2) is 47.2 Å². The Morgan fingerprint density at radius 3 is 3.12 bits per heavy atom. The molecule has 5 heterocycles. The summed E-state index contributed by atoms with van der Waals surface area (Å²) in [5.74, 6) is 2.73. The van der Waals surface area contributed by atoms with Gasteiger partial charge >= 0.3 is 0 Å². The van der Waals surface area contributed by atoms with Gasteiger partial charge in [0.05, 0.1) is 17.6 Å². The lowest BCUT2D eigenvalue weighted by Gasteiger charge is -2.14. The molecule has 26 heavy (non-hydrogen) atoms. The second-order valence-electron chi connectivity index (χ2n) is 5.88. The van der Waals surface area contributed by atoms with Crippen LogP contribution < -0.4 is 0 Å². The Kier molecular flexibility index (Phi) is 3.86. The topological polar surface area (TPSA) is 87.2 Å². The highest BCUT2D eigenvalue weighted by Crippen LogP contribution is 2.39. The molecule has 4 aromatic heterocycles. The number of rotatable bonds is 4. The number of thioether (sulfide) groups is 2. The van der Waals surface area contributed by atoms with Gasteiger partial charge in [-0.15, -0.1) is 22.0 Å². The molecule has 130 valence electrons. The van der Waals surface area contributed by atoms with Crippen LogP contribution in [-0.4, -0.2) is 51.0 Å². The van der Waals surface area contributed by atoms with Crippen molar-refractivity contribution in [2.45, 2.75) is 16.2 Å². The van der Waals surface area contributed by atoms with Crippen molar-refractivity contribution >= 4 is 34.6 Å². The summed E-state index contributed by atoms with van der Waals surface area (Å²) >= 11 is 3.46. The minimum Gasteiger partial charge on any atom is -0.297 e. The molecule has 10 heteroatoms. The number of aromatic nitrogens is 8. The molecule has 0 unspecified atom stereocenters. The lowest BCUT2D eigenvalue weighted by molar-refractivity contribution is 0.597. The second-order valence-corrected chi connectivity index (χ2v) is 7.87. The molecule has 5 rings (SSSR count). The maximum Gasteiger partial charge on any atom is 0.191 e. The van der Waals surface area contributed by atoms with Crippen molar-refractivity contribution in [3.63, 3.8) is 0 Å². The van der Waals surface area contributed by atoms with Gasteiger partial charge in [-0.1, -0.05) is 11.8 Å². The van der Waals surface area contributed by atoms with Gasteiger partial charge in [0.1, 0.15) is 11.4 Å². The summed E-state index contributed by atoms with van der Waals surface area (Å²) in [6.07, 6.45) is 7.02. The minimum absolute atomic E-state index is 0.298. The molecule has 0 fully saturated rings. The maximum absolute atomic E-state index is 4.45. The lowest BCUT2D eigenvalue weighted by atomic mass is 10.2. The first-order chi connectivity index (χ1) is 12.8. The number of nitrogens with zero attached hydrogens (tertiary/aromatic N) is 8. The van der Waals surface area contributed by atoms with Crippen LogP contribution in [0.4, 0.5) is 0 Å². The van der Waals surface area contributed by atoms with E-state index in [1.54, 1.807) is 40.7 Å². The molecule has 0 spiro atoms. The molecule has 0 bridgehead atoms. The van der Waals surface area contributed by atoms with Gasteiger partial charge in [0.15, 0.2) is 16.6 Å². The fourth-order valence-corrected chi connectivity index (χ4v) is 5.26. The average Bonchev–Trinajstić information content (AvgIpc) is 3.37. The molecule has 0 amide bonds. The quantitative estimate of drug-likeness (QED) is 0.393. The maximum atomic E-state index is 4.45. The normalized spacial score (nSPS) is 16.3. The van der Waals surface area contributed by atoms with E-state index in [1.807, 2.05) is 31.6 Å². The summed E-state index contributed by atoms with van der Waals surface area (Å²) in [5.41, 5.74) is 1.84. The van der Waals surface area contributed by atoms with Gasteiger partial charge in [-0.25, -0.2) is 9.97 Å². The standard InChI is InChI=1S/C16H14N8S2/c1-23-14-12(6-20-23)15(19-9-18-14)25-7-11-8-26-16-22-21-13(24(11)16)10-3-2-4-17-5-10/h2-6,9,11H,7-8H2,1H3/t11-/m1/s1. The highest BCUT2D eigenvalue weighted by Gasteiger charge is 2.29. The zero-order valence-electron chi connectivity index (χ0n) is 13.8. The highest BCUT2D eigenvalue weighted by molar-refractivity contribution is 8.00. The zero-order valence-corrected chi connectivity index (χ0v) is 15.5. The minimum atomic E-state index is 0.298. The predicted octanol–water partition coefficient (Wildman–Crippen LogP) is 2.46. The monoisotopic (exact) mass is 382 g/mol. The SMILES string of the molecule is Cn1ncc2c(SC[C@@H]3CSc4nnc(-c5cccnc5)n43)ncnc21. The van der Waals surface area contributed by atoms with Crippen molar-refractivity contribution in [2.75, 3.05) is 11.5 Å². The number of aryl methyl sites for hydroxylation is 1. The molecule has 0 saturated carbocycles. The highest BCUT2D eigenvalue weighted by atomic mass is 32.2. The van der Waals surface area contributed by atoms with Crippen LogP contribution in [0.2, 0.25) is 0 Å². The van der Waals surface area contributed by atoms with E-state index in [0.717, 1.165) is 44.1 Å². The first-order valence-electron chi connectivity index (χ1n) is 8.05. The van der Waals surface area contributed by atoms with Gasteiger partial charge in [0, 0.05) is 36.5 Å². The summed E-state index contributed by atoms with van der Waals surface area (Å²) < 4.78 is 3.99. The van der Waals surface area contributed by atoms with Gasteiger partial charge in [-0.3, -0.25) is 14.2 Å². The van der Waals surface area contributed by atoms with E-state index in [1.165, 1.54) is 0 Å².